The zero-order chi connectivity index (χ0) is 19.7. The van der Waals surface area contributed by atoms with Crippen LogP contribution in [-0.2, 0) is 9.53 Å². The number of anilines is 2. The minimum atomic E-state index is -0.646. The van der Waals surface area contributed by atoms with E-state index >= 15 is 0 Å². The molecule has 0 aliphatic carbocycles. The summed E-state index contributed by atoms with van der Waals surface area (Å²) in [4.78, 5) is 29.0. The quantitative estimate of drug-likeness (QED) is 0.623. The van der Waals surface area contributed by atoms with Crippen LogP contribution in [0, 0.1) is 0 Å². The molecule has 0 radical (unpaired) electrons. The lowest BCUT2D eigenvalue weighted by Gasteiger charge is -2.20. The number of ether oxygens (including phenoxy) is 1. The highest BCUT2D eigenvalue weighted by atomic mass is 79.9. The Labute approximate surface area is 172 Å². The van der Waals surface area contributed by atoms with Crippen LogP contribution in [0.3, 0.4) is 0 Å². The van der Waals surface area contributed by atoms with Crippen LogP contribution in [0.15, 0.2) is 46.9 Å². The fourth-order valence-corrected chi connectivity index (χ4v) is 4.14. The van der Waals surface area contributed by atoms with Crippen molar-refractivity contribution in [1.82, 2.24) is 0 Å². The maximum atomic E-state index is 13.2. The molecule has 0 saturated carbocycles. The molecule has 2 amide bonds. The lowest BCUT2D eigenvalue weighted by molar-refractivity contribution is -0.112. The second kappa shape index (κ2) is 7.80. The first-order valence-electron chi connectivity index (χ1n) is 9.47. The van der Waals surface area contributed by atoms with E-state index in [9.17, 15) is 9.59 Å². The Kier molecular flexibility index (Phi) is 5.22. The van der Waals surface area contributed by atoms with Crippen molar-refractivity contribution in [3.05, 3.63) is 58.1 Å². The molecule has 0 N–H and O–H groups in total. The lowest BCUT2D eigenvalue weighted by atomic mass is 10.0. The van der Waals surface area contributed by atoms with Gasteiger partial charge < -0.3 is 9.64 Å². The second-order valence-electron chi connectivity index (χ2n) is 6.81. The standard InChI is InChI=1S/C22H21BrN2O3/c1-2-28-22(27)25-20-10-9-16(23)14-17(20)18(21(25)26)13-15-7-3-4-8-19(15)24-11-5-6-12-24/h3-4,7-10,13-14H,2,5-6,11-12H2,1H3/b18-13+. The molecule has 2 aromatic carbocycles. The number of rotatable bonds is 3. The fraction of sp³-hybridized carbons (Fsp3) is 0.273. The first-order chi connectivity index (χ1) is 13.6. The van der Waals surface area contributed by atoms with Gasteiger partial charge in [-0.3, -0.25) is 4.79 Å². The number of hydrogen-bond acceptors (Lipinski definition) is 4. The summed E-state index contributed by atoms with van der Waals surface area (Å²) in [6, 6.07) is 13.5. The van der Waals surface area contributed by atoms with Crippen LogP contribution >= 0.6 is 15.9 Å². The Balaban J connectivity index is 1.81. The van der Waals surface area contributed by atoms with Gasteiger partial charge in [0.15, 0.2) is 0 Å². The fourth-order valence-electron chi connectivity index (χ4n) is 3.78. The number of fused-ring (bicyclic) bond motifs is 1. The predicted molar refractivity (Wildman–Crippen MR) is 114 cm³/mol. The van der Waals surface area contributed by atoms with Crippen LogP contribution in [0.5, 0.6) is 0 Å². The van der Waals surface area contributed by atoms with Crippen molar-refractivity contribution >= 4 is 51.0 Å². The van der Waals surface area contributed by atoms with E-state index in [1.165, 1.54) is 12.8 Å². The number of carbonyl (C=O) groups is 2. The Morgan fingerprint density at radius 1 is 1.14 bits per heavy atom. The minimum absolute atomic E-state index is 0.214. The van der Waals surface area contributed by atoms with Crippen molar-refractivity contribution in [1.29, 1.82) is 0 Å². The largest absolute Gasteiger partial charge is 0.449 e. The highest BCUT2D eigenvalue weighted by Gasteiger charge is 2.38. The number of amides is 2. The van der Waals surface area contributed by atoms with Gasteiger partial charge in [-0.05, 0) is 55.7 Å². The molecule has 2 aromatic rings. The maximum absolute atomic E-state index is 13.2. The van der Waals surface area contributed by atoms with E-state index in [1.807, 2.05) is 36.4 Å². The van der Waals surface area contributed by atoms with Gasteiger partial charge in [0, 0.05) is 28.8 Å². The highest BCUT2D eigenvalue weighted by molar-refractivity contribution is 9.10. The van der Waals surface area contributed by atoms with Crippen LogP contribution in [0.4, 0.5) is 16.2 Å². The van der Waals surface area contributed by atoms with E-state index in [0.717, 1.165) is 39.3 Å². The maximum Gasteiger partial charge on any atom is 0.421 e. The summed E-state index contributed by atoms with van der Waals surface area (Å²) in [6.45, 7) is 3.98. The highest BCUT2D eigenvalue weighted by Crippen LogP contribution is 2.40. The molecule has 1 saturated heterocycles. The molecule has 144 valence electrons. The summed E-state index contributed by atoms with van der Waals surface area (Å²) < 4.78 is 5.96. The summed E-state index contributed by atoms with van der Waals surface area (Å²) in [7, 11) is 0. The third-order valence-corrected chi connectivity index (χ3v) is 5.55. The average molecular weight is 441 g/mol. The van der Waals surface area contributed by atoms with Crippen molar-refractivity contribution in [2.24, 2.45) is 0 Å². The molecular formula is C22H21BrN2O3. The molecule has 0 aromatic heterocycles. The average Bonchev–Trinajstić information content (AvgIpc) is 3.30. The molecule has 2 aliphatic heterocycles. The first-order valence-corrected chi connectivity index (χ1v) is 10.3. The van der Waals surface area contributed by atoms with E-state index < -0.39 is 6.09 Å². The van der Waals surface area contributed by atoms with Gasteiger partial charge in [0.05, 0.1) is 17.9 Å². The lowest BCUT2D eigenvalue weighted by Crippen LogP contribution is -2.34. The molecule has 2 aliphatic rings. The van der Waals surface area contributed by atoms with Crippen molar-refractivity contribution in [3.8, 4) is 0 Å². The van der Waals surface area contributed by atoms with Gasteiger partial charge in [0.25, 0.3) is 5.91 Å². The monoisotopic (exact) mass is 440 g/mol. The Morgan fingerprint density at radius 2 is 1.89 bits per heavy atom. The van der Waals surface area contributed by atoms with Crippen LogP contribution in [0.1, 0.15) is 30.9 Å². The Hall–Kier alpha value is -2.60. The molecule has 28 heavy (non-hydrogen) atoms. The number of carbonyl (C=O) groups excluding carboxylic acids is 2. The van der Waals surface area contributed by atoms with Crippen LogP contribution < -0.4 is 9.80 Å². The van der Waals surface area contributed by atoms with Gasteiger partial charge in [0.2, 0.25) is 0 Å². The molecule has 5 nitrogen and oxygen atoms in total. The zero-order valence-electron chi connectivity index (χ0n) is 15.7. The van der Waals surface area contributed by atoms with Crippen molar-refractivity contribution < 1.29 is 14.3 Å². The van der Waals surface area contributed by atoms with E-state index in [2.05, 4.69) is 26.9 Å². The number of benzene rings is 2. The Bertz CT molecular complexity index is 964. The van der Waals surface area contributed by atoms with Crippen molar-refractivity contribution in [2.45, 2.75) is 19.8 Å². The van der Waals surface area contributed by atoms with E-state index in [0.29, 0.717) is 11.3 Å². The normalized spacial score (nSPS) is 17.4. The molecule has 6 heteroatoms. The summed E-state index contributed by atoms with van der Waals surface area (Å²) in [5.41, 5.74) is 3.87. The van der Waals surface area contributed by atoms with Gasteiger partial charge in [0.1, 0.15) is 0 Å². The third-order valence-electron chi connectivity index (χ3n) is 5.06. The number of imide groups is 1. The summed E-state index contributed by atoms with van der Waals surface area (Å²) >= 11 is 3.47. The third kappa shape index (κ3) is 3.33. The molecule has 1 fully saturated rings. The topological polar surface area (TPSA) is 49.9 Å². The van der Waals surface area contributed by atoms with Crippen molar-refractivity contribution in [2.75, 3.05) is 29.5 Å². The number of para-hydroxylation sites is 1. The molecule has 0 spiro atoms. The summed E-state index contributed by atoms with van der Waals surface area (Å²) in [5.74, 6) is -0.359. The van der Waals surface area contributed by atoms with E-state index in [4.69, 9.17) is 4.74 Å². The molecule has 0 unspecified atom stereocenters. The molecule has 2 heterocycles. The number of halogens is 1. The SMILES string of the molecule is CCOC(=O)N1C(=O)/C(=C/c2ccccc2N2CCCC2)c2cc(Br)ccc21. The Morgan fingerprint density at radius 3 is 2.64 bits per heavy atom. The van der Waals surface area contributed by atoms with Crippen LogP contribution in [0.25, 0.3) is 11.6 Å². The van der Waals surface area contributed by atoms with Gasteiger partial charge >= 0.3 is 6.09 Å². The minimum Gasteiger partial charge on any atom is -0.449 e. The van der Waals surface area contributed by atoms with Gasteiger partial charge in [-0.15, -0.1) is 0 Å². The summed E-state index contributed by atoms with van der Waals surface area (Å²) in [5, 5.41) is 0. The van der Waals surface area contributed by atoms with Gasteiger partial charge in [-0.1, -0.05) is 34.1 Å². The summed E-state index contributed by atoms with van der Waals surface area (Å²) in [6.07, 6.45) is 3.60. The van der Waals surface area contributed by atoms with Crippen molar-refractivity contribution in [3.63, 3.8) is 0 Å². The van der Waals surface area contributed by atoms with Gasteiger partial charge in [-0.25, -0.2) is 9.69 Å². The second-order valence-corrected chi connectivity index (χ2v) is 7.73. The smallest absolute Gasteiger partial charge is 0.421 e. The van der Waals surface area contributed by atoms with E-state index in [1.54, 1.807) is 13.0 Å². The van der Waals surface area contributed by atoms with E-state index in [-0.39, 0.29) is 12.5 Å². The zero-order valence-corrected chi connectivity index (χ0v) is 17.2. The molecule has 0 atom stereocenters. The first kappa shape index (κ1) is 18.7. The molecule has 4 rings (SSSR count). The van der Waals surface area contributed by atoms with Crippen LogP contribution in [0.2, 0.25) is 0 Å². The predicted octanol–water partition coefficient (Wildman–Crippen LogP) is 5.09. The van der Waals surface area contributed by atoms with Gasteiger partial charge in [-0.2, -0.15) is 0 Å². The molecule has 0 bridgehead atoms. The number of hydrogen-bond donors (Lipinski definition) is 0. The number of nitrogens with zero attached hydrogens (tertiary/aromatic N) is 2. The molecular weight excluding hydrogens is 420 g/mol. The van der Waals surface area contributed by atoms with Crippen LogP contribution in [-0.4, -0.2) is 31.7 Å².